The molecule has 0 aliphatic rings. The minimum absolute atomic E-state index is 0.192. The van der Waals surface area contributed by atoms with Gasteiger partial charge in [0.1, 0.15) is 5.60 Å². The lowest BCUT2D eigenvalue weighted by Gasteiger charge is -2.20. The summed E-state index contributed by atoms with van der Waals surface area (Å²) in [5, 5.41) is 9.56. The average molecular weight is 287 g/mol. The summed E-state index contributed by atoms with van der Waals surface area (Å²) in [6.07, 6.45) is 1.68. The fourth-order valence-electron chi connectivity index (χ4n) is 1.52. The molecule has 5 heteroatoms. The van der Waals surface area contributed by atoms with Crippen LogP contribution in [0.1, 0.15) is 54.4 Å². The van der Waals surface area contributed by atoms with Crippen molar-refractivity contribution < 1.29 is 9.53 Å². The lowest BCUT2D eigenvalue weighted by Crippen LogP contribution is -2.37. The van der Waals surface area contributed by atoms with E-state index in [4.69, 9.17) is 4.74 Å². The topological polar surface area (TPSA) is 62.4 Å². The fraction of sp³-hybridized carbons (Fsp3) is 0.933. The van der Waals surface area contributed by atoms with Crippen LogP contribution in [0.4, 0.5) is 4.79 Å². The predicted octanol–water partition coefficient (Wildman–Crippen LogP) is 2.27. The van der Waals surface area contributed by atoms with E-state index in [-0.39, 0.29) is 11.6 Å². The summed E-state index contributed by atoms with van der Waals surface area (Å²) in [6, 6.07) is 0. The highest BCUT2D eigenvalue weighted by Gasteiger charge is 2.15. The minimum atomic E-state index is -0.428. The number of alkyl carbamates (subject to hydrolysis) is 1. The van der Waals surface area contributed by atoms with E-state index in [1.165, 1.54) is 0 Å². The molecule has 0 saturated heterocycles. The molecule has 0 spiro atoms. The van der Waals surface area contributed by atoms with Crippen LogP contribution in [0.5, 0.6) is 0 Å². The molecule has 3 N–H and O–H groups in total. The second-order valence-corrected chi connectivity index (χ2v) is 7.06. The summed E-state index contributed by atoms with van der Waals surface area (Å²) in [6.45, 7) is 15.7. The molecule has 120 valence electrons. The van der Waals surface area contributed by atoms with Crippen molar-refractivity contribution in [2.24, 2.45) is 0 Å². The van der Waals surface area contributed by atoms with Crippen molar-refractivity contribution in [2.75, 3.05) is 26.2 Å². The fourth-order valence-corrected chi connectivity index (χ4v) is 1.52. The zero-order chi connectivity index (χ0) is 15.6. The van der Waals surface area contributed by atoms with Crippen LogP contribution < -0.4 is 16.0 Å². The zero-order valence-corrected chi connectivity index (χ0v) is 14.1. The van der Waals surface area contributed by atoms with E-state index in [0.717, 1.165) is 32.5 Å². The monoisotopic (exact) mass is 287 g/mol. The molecular weight excluding hydrogens is 254 g/mol. The van der Waals surface area contributed by atoms with E-state index < -0.39 is 5.60 Å². The van der Waals surface area contributed by atoms with Crippen molar-refractivity contribution >= 4 is 6.09 Å². The molecule has 0 bridgehead atoms. The third kappa shape index (κ3) is 15.2. The van der Waals surface area contributed by atoms with E-state index >= 15 is 0 Å². The van der Waals surface area contributed by atoms with E-state index in [1.807, 2.05) is 20.8 Å². The molecule has 0 fully saturated rings. The SMILES string of the molecule is CC(C)(C)NCCCNCCCNC(=O)OC(C)(C)C. The molecule has 1 amide bonds. The highest BCUT2D eigenvalue weighted by atomic mass is 16.6. The molecule has 5 nitrogen and oxygen atoms in total. The second-order valence-electron chi connectivity index (χ2n) is 7.06. The Bertz CT molecular complexity index is 267. The molecule has 0 aromatic carbocycles. The quantitative estimate of drug-likeness (QED) is 0.599. The van der Waals surface area contributed by atoms with Crippen LogP contribution in [0.2, 0.25) is 0 Å². The Morgan fingerprint density at radius 2 is 1.45 bits per heavy atom. The Hall–Kier alpha value is -0.810. The Morgan fingerprint density at radius 1 is 0.900 bits per heavy atom. The zero-order valence-electron chi connectivity index (χ0n) is 14.1. The van der Waals surface area contributed by atoms with Crippen LogP contribution in [0, 0.1) is 0 Å². The van der Waals surface area contributed by atoms with Gasteiger partial charge in [-0.25, -0.2) is 4.79 Å². The van der Waals surface area contributed by atoms with Gasteiger partial charge in [-0.3, -0.25) is 0 Å². The molecule has 0 rings (SSSR count). The van der Waals surface area contributed by atoms with Crippen molar-refractivity contribution in [3.63, 3.8) is 0 Å². The Kier molecular flexibility index (Phi) is 8.81. The molecule has 0 saturated carbocycles. The average Bonchev–Trinajstić information content (AvgIpc) is 2.22. The molecule has 0 atom stereocenters. The predicted molar refractivity (Wildman–Crippen MR) is 84.1 cm³/mol. The van der Waals surface area contributed by atoms with Crippen LogP contribution in [0.25, 0.3) is 0 Å². The van der Waals surface area contributed by atoms with Gasteiger partial charge >= 0.3 is 6.09 Å². The smallest absolute Gasteiger partial charge is 0.407 e. The first-order chi connectivity index (χ1) is 9.10. The van der Waals surface area contributed by atoms with Crippen LogP contribution in [-0.4, -0.2) is 43.4 Å². The van der Waals surface area contributed by atoms with Gasteiger partial charge < -0.3 is 20.7 Å². The maximum absolute atomic E-state index is 11.4. The summed E-state index contributed by atoms with van der Waals surface area (Å²) >= 11 is 0. The number of amides is 1. The Labute approximate surface area is 124 Å². The third-order valence-corrected chi connectivity index (χ3v) is 2.38. The van der Waals surface area contributed by atoms with Crippen LogP contribution >= 0.6 is 0 Å². The van der Waals surface area contributed by atoms with Crippen molar-refractivity contribution in [2.45, 2.75) is 65.5 Å². The van der Waals surface area contributed by atoms with Gasteiger partial charge in [-0.1, -0.05) is 0 Å². The highest BCUT2D eigenvalue weighted by molar-refractivity contribution is 5.67. The highest BCUT2D eigenvalue weighted by Crippen LogP contribution is 2.06. The minimum Gasteiger partial charge on any atom is -0.444 e. The Morgan fingerprint density at radius 3 is 1.95 bits per heavy atom. The van der Waals surface area contributed by atoms with Gasteiger partial charge in [-0.2, -0.15) is 0 Å². The normalized spacial score (nSPS) is 12.3. The molecule has 0 unspecified atom stereocenters. The summed E-state index contributed by atoms with van der Waals surface area (Å²) in [5.41, 5.74) is -0.236. The van der Waals surface area contributed by atoms with E-state index in [2.05, 4.69) is 36.7 Å². The van der Waals surface area contributed by atoms with Crippen LogP contribution in [-0.2, 0) is 4.74 Å². The summed E-state index contributed by atoms with van der Waals surface area (Å²) < 4.78 is 5.15. The summed E-state index contributed by atoms with van der Waals surface area (Å²) in [5.74, 6) is 0. The molecule has 0 aliphatic heterocycles. The molecule has 0 aromatic rings. The lowest BCUT2D eigenvalue weighted by atomic mass is 10.1. The molecular formula is C15H33N3O2. The summed E-state index contributed by atoms with van der Waals surface area (Å²) in [7, 11) is 0. The van der Waals surface area contributed by atoms with E-state index in [0.29, 0.717) is 6.54 Å². The maximum atomic E-state index is 11.4. The number of rotatable bonds is 8. The van der Waals surface area contributed by atoms with Gasteiger partial charge in [0.2, 0.25) is 0 Å². The maximum Gasteiger partial charge on any atom is 0.407 e. The lowest BCUT2D eigenvalue weighted by molar-refractivity contribution is 0.0527. The molecule has 0 aromatic heterocycles. The number of nitrogens with one attached hydrogen (secondary N) is 3. The van der Waals surface area contributed by atoms with Crippen molar-refractivity contribution in [3.05, 3.63) is 0 Å². The first-order valence-electron chi connectivity index (χ1n) is 7.53. The number of hydrogen-bond donors (Lipinski definition) is 3. The van der Waals surface area contributed by atoms with Gasteiger partial charge in [0.15, 0.2) is 0 Å². The van der Waals surface area contributed by atoms with Crippen LogP contribution in [0.15, 0.2) is 0 Å². The van der Waals surface area contributed by atoms with Crippen molar-refractivity contribution in [1.29, 1.82) is 0 Å². The van der Waals surface area contributed by atoms with Gasteiger partial charge in [0, 0.05) is 12.1 Å². The number of ether oxygens (including phenoxy) is 1. The van der Waals surface area contributed by atoms with Gasteiger partial charge in [0.05, 0.1) is 0 Å². The Balaban J connectivity index is 3.31. The number of hydrogen-bond acceptors (Lipinski definition) is 4. The second kappa shape index (κ2) is 9.19. The number of carbonyl (C=O) groups excluding carboxylic acids is 1. The number of carbonyl (C=O) groups is 1. The third-order valence-electron chi connectivity index (χ3n) is 2.38. The first-order valence-corrected chi connectivity index (χ1v) is 7.53. The van der Waals surface area contributed by atoms with E-state index in [1.54, 1.807) is 0 Å². The van der Waals surface area contributed by atoms with Crippen molar-refractivity contribution in [3.8, 4) is 0 Å². The largest absolute Gasteiger partial charge is 0.444 e. The molecule has 0 heterocycles. The molecule has 20 heavy (non-hydrogen) atoms. The van der Waals surface area contributed by atoms with E-state index in [9.17, 15) is 4.79 Å². The summed E-state index contributed by atoms with van der Waals surface area (Å²) in [4.78, 5) is 11.4. The van der Waals surface area contributed by atoms with Crippen molar-refractivity contribution in [1.82, 2.24) is 16.0 Å². The standard InChI is InChI=1S/C15H33N3O2/c1-14(2,3)18-12-8-10-16-9-7-11-17-13(19)20-15(4,5)6/h16,18H,7-12H2,1-6H3,(H,17,19). The van der Waals surface area contributed by atoms with Gasteiger partial charge in [-0.15, -0.1) is 0 Å². The molecule has 0 aliphatic carbocycles. The molecule has 0 radical (unpaired) electrons. The van der Waals surface area contributed by atoms with Crippen LogP contribution in [0.3, 0.4) is 0 Å². The van der Waals surface area contributed by atoms with Gasteiger partial charge in [-0.05, 0) is 74.0 Å². The first kappa shape index (κ1) is 19.2. The van der Waals surface area contributed by atoms with Gasteiger partial charge in [0.25, 0.3) is 0 Å².